The molecule has 3 heterocycles. The average Bonchev–Trinajstić information content (AvgIpc) is 3.34. The molecule has 1 saturated heterocycles. The molecule has 0 radical (unpaired) electrons. The largest absolute Gasteiger partial charge is 0.465 e. The molecule has 4 aromatic rings. The number of rotatable bonds is 6. The van der Waals surface area contributed by atoms with Gasteiger partial charge in [0.1, 0.15) is 5.03 Å². The summed E-state index contributed by atoms with van der Waals surface area (Å²) in [5.74, 6) is 0.124. The number of aliphatic hydroxyl groups excluding tert-OH is 1. The first-order valence-corrected chi connectivity index (χ1v) is 12.7. The van der Waals surface area contributed by atoms with Crippen molar-refractivity contribution in [2.24, 2.45) is 0 Å². The summed E-state index contributed by atoms with van der Waals surface area (Å²) in [5.41, 5.74) is 3.39. The van der Waals surface area contributed by atoms with Crippen LogP contribution in [0.15, 0.2) is 69.9 Å². The summed E-state index contributed by atoms with van der Waals surface area (Å²) in [4.78, 5) is 24.7. The van der Waals surface area contributed by atoms with Crippen molar-refractivity contribution in [1.29, 1.82) is 0 Å². The van der Waals surface area contributed by atoms with Crippen LogP contribution in [-0.2, 0) is 4.74 Å². The van der Waals surface area contributed by atoms with Crippen LogP contribution in [0.25, 0.3) is 10.2 Å². The molecule has 2 aromatic heterocycles. The predicted molar refractivity (Wildman–Crippen MR) is 136 cm³/mol. The van der Waals surface area contributed by atoms with Gasteiger partial charge in [-0.25, -0.2) is 14.8 Å². The Bertz CT molecular complexity index is 1300. The van der Waals surface area contributed by atoms with Gasteiger partial charge in [-0.1, -0.05) is 23.9 Å². The number of carbonyl (C=O) groups is 1. The van der Waals surface area contributed by atoms with Gasteiger partial charge >= 0.3 is 5.97 Å². The Labute approximate surface area is 205 Å². The van der Waals surface area contributed by atoms with Gasteiger partial charge in [-0.15, -0.1) is 11.3 Å². The number of carbonyl (C=O) groups excluding carboxylic acids is 1. The molecule has 0 saturated carbocycles. The molecule has 9 heteroatoms. The fraction of sp³-hybridized carbons (Fsp3) is 0.240. The molecule has 34 heavy (non-hydrogen) atoms. The molecule has 2 aromatic carbocycles. The van der Waals surface area contributed by atoms with E-state index in [4.69, 9.17) is 9.72 Å². The number of thiophene rings is 1. The molecule has 5 rings (SSSR count). The predicted octanol–water partition coefficient (Wildman–Crippen LogP) is 5.33. The summed E-state index contributed by atoms with van der Waals surface area (Å²) in [6.07, 6.45) is 1.41. The van der Waals surface area contributed by atoms with E-state index in [0.29, 0.717) is 11.5 Å². The van der Waals surface area contributed by atoms with E-state index < -0.39 is 0 Å². The van der Waals surface area contributed by atoms with Gasteiger partial charge in [0.25, 0.3) is 0 Å². The minimum Gasteiger partial charge on any atom is -0.465 e. The summed E-state index contributed by atoms with van der Waals surface area (Å²) in [6, 6.07) is 17.5. The first kappa shape index (κ1) is 22.6. The van der Waals surface area contributed by atoms with E-state index in [-0.39, 0.29) is 12.1 Å². The monoisotopic (exact) mass is 492 g/mol. The number of nitrogens with zero attached hydrogens (tertiary/aromatic N) is 3. The second kappa shape index (κ2) is 10.0. The lowest BCUT2D eigenvalue weighted by Crippen LogP contribution is -2.35. The van der Waals surface area contributed by atoms with Gasteiger partial charge < -0.3 is 20.1 Å². The third-order valence-corrected chi connectivity index (χ3v) is 7.83. The van der Waals surface area contributed by atoms with Crippen molar-refractivity contribution in [2.45, 2.75) is 28.9 Å². The van der Waals surface area contributed by atoms with E-state index in [1.54, 1.807) is 17.4 Å². The molecular weight excluding hydrogens is 468 g/mol. The Hall–Kier alpha value is -3.14. The number of aromatic nitrogens is 2. The van der Waals surface area contributed by atoms with Crippen molar-refractivity contribution in [3.05, 3.63) is 65.5 Å². The van der Waals surface area contributed by atoms with E-state index in [2.05, 4.69) is 27.3 Å². The Morgan fingerprint density at radius 3 is 2.65 bits per heavy atom. The number of fused-ring (bicyclic) bond motifs is 1. The number of benzene rings is 2. The van der Waals surface area contributed by atoms with Gasteiger partial charge in [0.15, 0.2) is 0 Å². The van der Waals surface area contributed by atoms with Crippen LogP contribution in [0.3, 0.4) is 0 Å². The number of aliphatic hydroxyl groups is 1. The van der Waals surface area contributed by atoms with Gasteiger partial charge in [0.2, 0.25) is 5.95 Å². The van der Waals surface area contributed by atoms with Crippen LogP contribution >= 0.6 is 23.1 Å². The van der Waals surface area contributed by atoms with Crippen LogP contribution in [0.5, 0.6) is 0 Å². The molecule has 0 unspecified atom stereocenters. The highest BCUT2D eigenvalue weighted by molar-refractivity contribution is 7.99. The summed E-state index contributed by atoms with van der Waals surface area (Å²) in [6.45, 7) is 1.72. The highest BCUT2D eigenvalue weighted by Gasteiger charge is 2.18. The highest BCUT2D eigenvalue weighted by Crippen LogP contribution is 2.37. The van der Waals surface area contributed by atoms with Crippen molar-refractivity contribution >= 4 is 56.6 Å². The zero-order chi connectivity index (χ0) is 23.5. The summed E-state index contributed by atoms with van der Waals surface area (Å²) in [5, 5.41) is 15.8. The summed E-state index contributed by atoms with van der Waals surface area (Å²) >= 11 is 3.00. The van der Waals surface area contributed by atoms with E-state index in [0.717, 1.165) is 57.4 Å². The van der Waals surface area contributed by atoms with Crippen molar-refractivity contribution < 1.29 is 14.6 Å². The molecule has 0 amide bonds. The number of hydrogen-bond acceptors (Lipinski definition) is 9. The van der Waals surface area contributed by atoms with Crippen molar-refractivity contribution in [3.63, 3.8) is 0 Å². The Balaban J connectivity index is 1.39. The Morgan fingerprint density at radius 1 is 1.12 bits per heavy atom. The van der Waals surface area contributed by atoms with Crippen LogP contribution in [0, 0.1) is 0 Å². The maximum Gasteiger partial charge on any atom is 0.339 e. The van der Waals surface area contributed by atoms with Gasteiger partial charge in [-0.2, -0.15) is 0 Å². The van der Waals surface area contributed by atoms with Crippen LogP contribution < -0.4 is 10.2 Å². The summed E-state index contributed by atoms with van der Waals surface area (Å²) in [7, 11) is 1.38. The molecule has 1 aliphatic heterocycles. The molecule has 0 aliphatic carbocycles. The van der Waals surface area contributed by atoms with Crippen LogP contribution in [-0.4, -0.2) is 47.3 Å². The van der Waals surface area contributed by atoms with Crippen LogP contribution in [0.4, 0.5) is 17.3 Å². The standard InChI is InChI=1S/C25H24N4O3S2/c1-32-24(31)19-4-2-3-5-21(19)34-23-22-20(12-15-33-22)27-25(28-23)26-16-6-8-17(9-7-16)29-13-10-18(30)11-14-29/h2-9,12,15,18,30H,10-11,13-14H2,1H3,(H,26,27,28). The first-order valence-electron chi connectivity index (χ1n) is 11.0. The molecule has 174 valence electrons. The molecule has 0 spiro atoms. The summed E-state index contributed by atoms with van der Waals surface area (Å²) < 4.78 is 5.91. The topological polar surface area (TPSA) is 87.6 Å². The number of methoxy groups -OCH3 is 1. The zero-order valence-electron chi connectivity index (χ0n) is 18.6. The van der Waals surface area contributed by atoms with E-state index in [1.165, 1.54) is 18.9 Å². The molecule has 1 fully saturated rings. The third kappa shape index (κ3) is 4.86. The molecule has 0 atom stereocenters. The van der Waals surface area contributed by atoms with Gasteiger partial charge in [-0.3, -0.25) is 0 Å². The fourth-order valence-electron chi connectivity index (χ4n) is 3.91. The number of piperidine rings is 1. The van der Waals surface area contributed by atoms with Crippen molar-refractivity contribution in [1.82, 2.24) is 9.97 Å². The average molecular weight is 493 g/mol. The van der Waals surface area contributed by atoms with Crippen LogP contribution in [0.1, 0.15) is 23.2 Å². The quantitative estimate of drug-likeness (QED) is 0.276. The van der Waals surface area contributed by atoms with E-state index in [9.17, 15) is 9.90 Å². The second-order valence-electron chi connectivity index (χ2n) is 7.97. The van der Waals surface area contributed by atoms with E-state index in [1.807, 2.05) is 41.8 Å². The third-order valence-electron chi connectivity index (χ3n) is 5.72. The first-order chi connectivity index (χ1) is 16.6. The minimum absolute atomic E-state index is 0.187. The number of anilines is 3. The van der Waals surface area contributed by atoms with Gasteiger partial charge in [0, 0.05) is 29.4 Å². The lowest BCUT2D eigenvalue weighted by molar-refractivity contribution is 0.0596. The fourth-order valence-corrected chi connectivity index (χ4v) is 5.84. The Kier molecular flexibility index (Phi) is 6.66. The molecule has 1 aliphatic rings. The molecule has 0 bridgehead atoms. The number of nitrogens with one attached hydrogen (secondary N) is 1. The van der Waals surface area contributed by atoms with Crippen molar-refractivity contribution in [2.75, 3.05) is 30.4 Å². The maximum absolute atomic E-state index is 12.2. The number of hydrogen-bond donors (Lipinski definition) is 2. The van der Waals surface area contributed by atoms with E-state index >= 15 is 0 Å². The lowest BCUT2D eigenvalue weighted by Gasteiger charge is -2.31. The highest BCUT2D eigenvalue weighted by atomic mass is 32.2. The van der Waals surface area contributed by atoms with Gasteiger partial charge in [0.05, 0.1) is 29.0 Å². The second-order valence-corrected chi connectivity index (χ2v) is 9.91. The normalized spacial score (nSPS) is 14.4. The molecule has 2 N–H and O–H groups in total. The molecule has 7 nitrogen and oxygen atoms in total. The van der Waals surface area contributed by atoms with Crippen molar-refractivity contribution in [3.8, 4) is 0 Å². The zero-order valence-corrected chi connectivity index (χ0v) is 20.2. The molecular formula is C25H24N4O3S2. The van der Waals surface area contributed by atoms with Crippen LogP contribution in [0.2, 0.25) is 0 Å². The lowest BCUT2D eigenvalue weighted by atomic mass is 10.1. The van der Waals surface area contributed by atoms with Gasteiger partial charge in [-0.05, 0) is 60.7 Å². The smallest absolute Gasteiger partial charge is 0.339 e. The number of ether oxygens (including phenoxy) is 1. The maximum atomic E-state index is 12.2. The SMILES string of the molecule is COC(=O)c1ccccc1Sc1nc(Nc2ccc(N3CCC(O)CC3)cc2)nc2ccsc12. The Morgan fingerprint density at radius 2 is 1.88 bits per heavy atom. The minimum atomic E-state index is -0.374. The number of esters is 1.